The molecule has 0 spiro atoms. The van der Waals surface area contributed by atoms with Crippen LogP contribution in [0.25, 0.3) is 0 Å². The highest BCUT2D eigenvalue weighted by Gasteiger charge is 2.23. The lowest BCUT2D eigenvalue weighted by Crippen LogP contribution is -2.52. The lowest BCUT2D eigenvalue weighted by atomic mass is 10.0. The molecular formula is C25H29ClFN5O4. The number of ether oxygens (including phenoxy) is 1. The van der Waals surface area contributed by atoms with E-state index in [1.165, 1.54) is 18.2 Å². The number of carbonyl (C=O) groups is 3. The van der Waals surface area contributed by atoms with Gasteiger partial charge in [0.15, 0.2) is 0 Å². The average Bonchev–Trinajstić information content (AvgIpc) is 2.88. The molecule has 9 nitrogen and oxygen atoms in total. The second-order valence-corrected chi connectivity index (χ2v) is 8.90. The van der Waals surface area contributed by atoms with E-state index in [4.69, 9.17) is 21.7 Å². The lowest BCUT2D eigenvalue weighted by molar-refractivity contribution is -0.130. The van der Waals surface area contributed by atoms with Crippen LogP contribution in [0.1, 0.15) is 42.9 Å². The number of carbonyl (C=O) groups excluding carboxylic acids is 3. The molecule has 192 valence electrons. The number of halogens is 2. The minimum absolute atomic E-state index is 0.120. The van der Waals surface area contributed by atoms with Crippen LogP contribution in [0.15, 0.2) is 42.5 Å². The maximum atomic E-state index is 13.7. The number of hydrogen-bond acceptors (Lipinski definition) is 6. The van der Waals surface area contributed by atoms with E-state index in [0.717, 1.165) is 31.4 Å². The van der Waals surface area contributed by atoms with E-state index in [1.807, 2.05) is 0 Å². The monoisotopic (exact) mass is 517 g/mol. The van der Waals surface area contributed by atoms with Gasteiger partial charge in [-0.2, -0.15) is 0 Å². The Balaban J connectivity index is 1.42. The van der Waals surface area contributed by atoms with E-state index in [2.05, 4.69) is 21.3 Å². The molecule has 1 fully saturated rings. The van der Waals surface area contributed by atoms with Gasteiger partial charge in [-0.3, -0.25) is 20.3 Å². The van der Waals surface area contributed by atoms with Gasteiger partial charge in [0.1, 0.15) is 24.3 Å². The van der Waals surface area contributed by atoms with E-state index in [1.54, 1.807) is 31.2 Å². The van der Waals surface area contributed by atoms with Crippen LogP contribution >= 0.6 is 11.6 Å². The molecule has 5 N–H and O–H groups in total. The first-order valence-corrected chi connectivity index (χ1v) is 12.0. The molecule has 11 heteroatoms. The molecule has 2 atom stereocenters. The molecule has 0 saturated carbocycles. The Morgan fingerprint density at radius 3 is 2.64 bits per heavy atom. The first-order valence-electron chi connectivity index (χ1n) is 11.6. The summed E-state index contributed by atoms with van der Waals surface area (Å²) in [6, 6.07) is 9.61. The summed E-state index contributed by atoms with van der Waals surface area (Å²) < 4.78 is 18.7. The minimum Gasteiger partial charge on any atom is -0.444 e. The first kappa shape index (κ1) is 27.1. The Labute approximate surface area is 213 Å². The normalized spacial score (nSPS) is 15.9. The summed E-state index contributed by atoms with van der Waals surface area (Å²) >= 11 is 5.81. The zero-order valence-corrected chi connectivity index (χ0v) is 20.6. The highest BCUT2D eigenvalue weighted by Crippen LogP contribution is 2.15. The summed E-state index contributed by atoms with van der Waals surface area (Å²) in [5.74, 6) is -1.24. The average molecular weight is 518 g/mol. The third kappa shape index (κ3) is 8.03. The van der Waals surface area contributed by atoms with Crippen LogP contribution in [-0.4, -0.2) is 42.4 Å². The number of piperidine rings is 1. The highest BCUT2D eigenvalue weighted by molar-refractivity contribution is 6.30. The van der Waals surface area contributed by atoms with Crippen molar-refractivity contribution in [2.24, 2.45) is 0 Å². The van der Waals surface area contributed by atoms with Crippen LogP contribution in [0.3, 0.4) is 0 Å². The van der Waals surface area contributed by atoms with Crippen LogP contribution < -0.4 is 21.3 Å². The van der Waals surface area contributed by atoms with Crippen LogP contribution in [0.2, 0.25) is 5.02 Å². The molecule has 1 aliphatic heterocycles. The van der Waals surface area contributed by atoms with Gasteiger partial charge in [0.25, 0.3) is 0 Å². The molecular weight excluding hydrogens is 489 g/mol. The predicted molar refractivity (Wildman–Crippen MR) is 133 cm³/mol. The zero-order chi connectivity index (χ0) is 26.1. The fourth-order valence-electron chi connectivity index (χ4n) is 3.59. The van der Waals surface area contributed by atoms with Crippen molar-refractivity contribution in [2.45, 2.75) is 51.4 Å². The minimum atomic E-state index is -0.907. The summed E-state index contributed by atoms with van der Waals surface area (Å²) in [5, 5.41) is 19.3. The van der Waals surface area contributed by atoms with Gasteiger partial charge in [-0.05, 0) is 50.1 Å². The summed E-state index contributed by atoms with van der Waals surface area (Å²) in [5.41, 5.74) is 1.30. The Hall–Kier alpha value is -3.50. The fourth-order valence-corrected chi connectivity index (χ4v) is 3.79. The molecule has 1 aliphatic rings. The Bertz CT molecular complexity index is 1110. The SMILES string of the molecule is C[C@H](NC(=O)C1CCCCN1)C(=O)NCc1ccc(C(=N)NC(=O)OCc2cc(Cl)ccc2F)cc1. The van der Waals surface area contributed by atoms with Crippen molar-refractivity contribution in [3.05, 3.63) is 70.0 Å². The molecule has 36 heavy (non-hydrogen) atoms. The lowest BCUT2D eigenvalue weighted by Gasteiger charge is -2.24. The Morgan fingerprint density at radius 1 is 1.19 bits per heavy atom. The smallest absolute Gasteiger partial charge is 0.413 e. The van der Waals surface area contributed by atoms with E-state index in [-0.39, 0.29) is 42.4 Å². The standard InChI is InChI=1S/C25H29ClFN5O4/c1-15(31-24(34)21-4-2-3-11-29-21)23(33)30-13-16-5-7-17(8-6-16)22(28)32-25(35)36-14-18-12-19(26)9-10-20(18)27/h5-10,12,15,21,29H,2-4,11,13-14H2,1H3,(H,30,33)(H,31,34)(H2,28,32,35)/t15-,21?/m0/s1. The molecule has 1 unspecified atom stereocenters. The molecule has 2 aromatic carbocycles. The van der Waals surface area contributed by atoms with E-state index in [9.17, 15) is 18.8 Å². The highest BCUT2D eigenvalue weighted by atomic mass is 35.5. The van der Waals surface area contributed by atoms with Crippen LogP contribution in [0.4, 0.5) is 9.18 Å². The first-order chi connectivity index (χ1) is 17.2. The van der Waals surface area contributed by atoms with Crippen molar-refractivity contribution in [2.75, 3.05) is 6.54 Å². The zero-order valence-electron chi connectivity index (χ0n) is 19.8. The number of amidine groups is 1. The molecule has 2 aromatic rings. The van der Waals surface area contributed by atoms with Gasteiger partial charge in [0, 0.05) is 22.7 Å². The molecule has 0 bridgehead atoms. The number of benzene rings is 2. The molecule has 0 radical (unpaired) electrons. The van der Waals surface area contributed by atoms with Crippen molar-refractivity contribution >= 4 is 35.3 Å². The fraction of sp³-hybridized carbons (Fsp3) is 0.360. The summed E-state index contributed by atoms with van der Waals surface area (Å²) in [6.45, 7) is 2.33. The predicted octanol–water partition coefficient (Wildman–Crippen LogP) is 2.99. The molecule has 1 heterocycles. The summed E-state index contributed by atoms with van der Waals surface area (Å²) in [6.07, 6.45) is 1.88. The number of nitrogens with one attached hydrogen (secondary N) is 5. The second kappa shape index (κ2) is 13.0. The topological polar surface area (TPSA) is 132 Å². The van der Waals surface area contributed by atoms with Crippen molar-refractivity contribution in [3.8, 4) is 0 Å². The number of alkyl carbamates (subject to hydrolysis) is 1. The third-order valence-corrected chi connectivity index (χ3v) is 5.92. The summed E-state index contributed by atoms with van der Waals surface area (Å²) in [4.78, 5) is 36.6. The molecule has 3 rings (SSSR count). The molecule has 1 saturated heterocycles. The van der Waals surface area contributed by atoms with E-state index >= 15 is 0 Å². The maximum Gasteiger partial charge on any atom is 0.413 e. The van der Waals surface area contributed by atoms with Gasteiger partial charge in [-0.15, -0.1) is 0 Å². The van der Waals surface area contributed by atoms with Crippen molar-refractivity contribution in [1.82, 2.24) is 21.3 Å². The van der Waals surface area contributed by atoms with Crippen molar-refractivity contribution < 1.29 is 23.5 Å². The van der Waals surface area contributed by atoms with Crippen LogP contribution in [0.5, 0.6) is 0 Å². The number of amides is 3. The van der Waals surface area contributed by atoms with Crippen LogP contribution in [0, 0.1) is 11.2 Å². The third-order valence-electron chi connectivity index (χ3n) is 5.68. The Morgan fingerprint density at radius 2 is 1.94 bits per heavy atom. The van der Waals surface area contributed by atoms with E-state index < -0.39 is 18.0 Å². The van der Waals surface area contributed by atoms with Crippen molar-refractivity contribution in [3.63, 3.8) is 0 Å². The van der Waals surface area contributed by atoms with Gasteiger partial charge < -0.3 is 20.7 Å². The maximum absolute atomic E-state index is 13.7. The van der Waals surface area contributed by atoms with Gasteiger partial charge >= 0.3 is 6.09 Å². The summed E-state index contributed by atoms with van der Waals surface area (Å²) in [7, 11) is 0. The quantitative estimate of drug-likeness (QED) is 0.271. The number of rotatable bonds is 8. The Kier molecular flexibility index (Phi) is 9.77. The van der Waals surface area contributed by atoms with Gasteiger partial charge in [0.05, 0.1) is 6.04 Å². The van der Waals surface area contributed by atoms with Gasteiger partial charge in [-0.25, -0.2) is 9.18 Å². The van der Waals surface area contributed by atoms with Gasteiger partial charge in [-0.1, -0.05) is 42.3 Å². The van der Waals surface area contributed by atoms with E-state index in [0.29, 0.717) is 10.6 Å². The van der Waals surface area contributed by atoms with Gasteiger partial charge in [0.2, 0.25) is 11.8 Å². The molecule has 0 aliphatic carbocycles. The van der Waals surface area contributed by atoms with Crippen LogP contribution in [-0.2, 0) is 27.5 Å². The number of hydrogen-bond donors (Lipinski definition) is 5. The van der Waals surface area contributed by atoms with Crippen molar-refractivity contribution in [1.29, 1.82) is 5.41 Å². The second-order valence-electron chi connectivity index (χ2n) is 8.46. The molecule has 3 amide bonds. The molecule has 0 aromatic heterocycles. The largest absolute Gasteiger partial charge is 0.444 e.